The van der Waals surface area contributed by atoms with E-state index in [2.05, 4.69) is 49.5 Å². The Morgan fingerprint density at radius 3 is 2.67 bits per heavy atom. The third kappa shape index (κ3) is 3.93. The molecule has 0 aliphatic carbocycles. The Labute approximate surface area is 97.1 Å². The maximum absolute atomic E-state index is 5.97. The van der Waals surface area contributed by atoms with Crippen LogP contribution < -0.4 is 5.73 Å². The summed E-state index contributed by atoms with van der Waals surface area (Å²) in [4.78, 5) is 2.34. The zero-order valence-electron chi connectivity index (χ0n) is 10.2. The molecule has 0 aromatic carbocycles. The summed E-state index contributed by atoms with van der Waals surface area (Å²) in [5, 5.41) is 4.33. The SMILES string of the molecule is CC(N)C(C)(C)CN(C)Cc1ccsc1. The molecule has 0 aliphatic heterocycles. The summed E-state index contributed by atoms with van der Waals surface area (Å²) < 4.78 is 0. The van der Waals surface area contributed by atoms with E-state index >= 15 is 0 Å². The Bertz CT molecular complexity index is 278. The number of hydrogen-bond donors (Lipinski definition) is 1. The monoisotopic (exact) mass is 226 g/mol. The minimum absolute atomic E-state index is 0.171. The van der Waals surface area contributed by atoms with Gasteiger partial charge in [-0.15, -0.1) is 0 Å². The van der Waals surface area contributed by atoms with Crippen molar-refractivity contribution in [3.05, 3.63) is 22.4 Å². The molecular weight excluding hydrogens is 204 g/mol. The Morgan fingerprint density at radius 1 is 1.53 bits per heavy atom. The van der Waals surface area contributed by atoms with Crippen LogP contribution in [0.5, 0.6) is 0 Å². The molecule has 1 aromatic rings. The van der Waals surface area contributed by atoms with E-state index in [0.29, 0.717) is 0 Å². The summed E-state index contributed by atoms with van der Waals surface area (Å²) in [6, 6.07) is 2.41. The van der Waals surface area contributed by atoms with Gasteiger partial charge in [0.2, 0.25) is 0 Å². The van der Waals surface area contributed by atoms with Crippen LogP contribution in [0.1, 0.15) is 26.3 Å². The maximum Gasteiger partial charge on any atom is 0.0239 e. The summed E-state index contributed by atoms with van der Waals surface area (Å²) in [7, 11) is 2.15. The molecule has 1 rings (SSSR count). The van der Waals surface area contributed by atoms with E-state index < -0.39 is 0 Å². The van der Waals surface area contributed by atoms with E-state index in [0.717, 1.165) is 13.1 Å². The van der Waals surface area contributed by atoms with Crippen LogP contribution in [-0.4, -0.2) is 24.5 Å². The van der Waals surface area contributed by atoms with Crippen LogP contribution in [0.3, 0.4) is 0 Å². The largest absolute Gasteiger partial charge is 0.327 e. The first kappa shape index (κ1) is 12.7. The molecule has 0 saturated heterocycles. The highest BCUT2D eigenvalue weighted by atomic mass is 32.1. The molecule has 1 atom stereocenters. The summed E-state index contributed by atoms with van der Waals surface area (Å²) in [5.74, 6) is 0. The molecule has 0 aliphatic rings. The smallest absolute Gasteiger partial charge is 0.0239 e. The van der Waals surface area contributed by atoms with Crippen molar-refractivity contribution < 1.29 is 0 Å². The van der Waals surface area contributed by atoms with Gasteiger partial charge < -0.3 is 10.6 Å². The standard InChI is InChI=1S/C12H22N2S/c1-10(13)12(2,3)9-14(4)7-11-5-6-15-8-11/h5-6,8,10H,7,9,13H2,1-4H3. The summed E-state index contributed by atoms with van der Waals surface area (Å²) in [6.07, 6.45) is 0. The molecule has 2 N–H and O–H groups in total. The number of hydrogen-bond acceptors (Lipinski definition) is 3. The van der Waals surface area contributed by atoms with Gasteiger partial charge in [-0.05, 0) is 41.8 Å². The van der Waals surface area contributed by atoms with Crippen LogP contribution in [0.25, 0.3) is 0 Å². The molecule has 3 heteroatoms. The van der Waals surface area contributed by atoms with Crippen molar-refractivity contribution in [3.63, 3.8) is 0 Å². The Kier molecular flexibility index (Phi) is 4.32. The van der Waals surface area contributed by atoms with Crippen molar-refractivity contribution in [2.45, 2.75) is 33.4 Å². The third-order valence-corrected chi connectivity index (χ3v) is 3.67. The molecule has 0 radical (unpaired) electrons. The van der Waals surface area contributed by atoms with Crippen LogP contribution in [0.2, 0.25) is 0 Å². The lowest BCUT2D eigenvalue weighted by molar-refractivity contribution is 0.178. The summed E-state index contributed by atoms with van der Waals surface area (Å²) in [6.45, 7) is 8.57. The van der Waals surface area contributed by atoms with Gasteiger partial charge in [0.15, 0.2) is 0 Å². The molecule has 0 spiro atoms. The third-order valence-electron chi connectivity index (χ3n) is 2.94. The molecule has 0 bridgehead atoms. The highest BCUT2D eigenvalue weighted by Crippen LogP contribution is 2.21. The second kappa shape index (κ2) is 5.10. The zero-order valence-corrected chi connectivity index (χ0v) is 11.0. The van der Waals surface area contributed by atoms with Gasteiger partial charge in [0.1, 0.15) is 0 Å². The average molecular weight is 226 g/mol. The minimum Gasteiger partial charge on any atom is -0.327 e. The predicted molar refractivity (Wildman–Crippen MR) is 68.1 cm³/mol. The van der Waals surface area contributed by atoms with E-state index in [1.54, 1.807) is 11.3 Å². The van der Waals surface area contributed by atoms with Crippen LogP contribution >= 0.6 is 11.3 Å². The average Bonchev–Trinajstić information content (AvgIpc) is 2.54. The fourth-order valence-electron chi connectivity index (χ4n) is 1.59. The van der Waals surface area contributed by atoms with Crippen LogP contribution in [0.15, 0.2) is 16.8 Å². The second-order valence-electron chi connectivity index (χ2n) is 5.08. The van der Waals surface area contributed by atoms with Gasteiger partial charge in [-0.1, -0.05) is 13.8 Å². The fourth-order valence-corrected chi connectivity index (χ4v) is 2.25. The van der Waals surface area contributed by atoms with Crippen molar-refractivity contribution >= 4 is 11.3 Å². The summed E-state index contributed by atoms with van der Waals surface area (Å²) in [5.41, 5.74) is 7.53. The molecule has 1 heterocycles. The Morgan fingerprint density at radius 2 is 2.20 bits per heavy atom. The zero-order chi connectivity index (χ0) is 11.5. The lowest BCUT2D eigenvalue weighted by Gasteiger charge is -2.33. The van der Waals surface area contributed by atoms with Gasteiger partial charge in [0.05, 0.1) is 0 Å². The van der Waals surface area contributed by atoms with Crippen molar-refractivity contribution in [1.29, 1.82) is 0 Å². The van der Waals surface area contributed by atoms with E-state index in [-0.39, 0.29) is 11.5 Å². The number of nitrogens with zero attached hydrogens (tertiary/aromatic N) is 1. The molecular formula is C12H22N2S. The van der Waals surface area contributed by atoms with Crippen molar-refractivity contribution in [1.82, 2.24) is 4.90 Å². The molecule has 1 aromatic heterocycles. The van der Waals surface area contributed by atoms with E-state index in [9.17, 15) is 0 Å². The first-order valence-corrected chi connectivity index (χ1v) is 6.31. The normalized spacial score (nSPS) is 14.5. The van der Waals surface area contributed by atoms with Gasteiger partial charge >= 0.3 is 0 Å². The van der Waals surface area contributed by atoms with Crippen molar-refractivity contribution in [2.24, 2.45) is 11.1 Å². The Hall–Kier alpha value is -0.380. The van der Waals surface area contributed by atoms with Crippen LogP contribution in [-0.2, 0) is 6.54 Å². The molecule has 2 nitrogen and oxygen atoms in total. The van der Waals surface area contributed by atoms with Gasteiger partial charge in [-0.3, -0.25) is 0 Å². The van der Waals surface area contributed by atoms with Crippen molar-refractivity contribution in [2.75, 3.05) is 13.6 Å². The van der Waals surface area contributed by atoms with Crippen LogP contribution in [0, 0.1) is 5.41 Å². The highest BCUT2D eigenvalue weighted by molar-refractivity contribution is 7.07. The lowest BCUT2D eigenvalue weighted by Crippen LogP contribution is -2.42. The van der Waals surface area contributed by atoms with Gasteiger partial charge in [0, 0.05) is 19.1 Å². The van der Waals surface area contributed by atoms with Gasteiger partial charge in [-0.2, -0.15) is 11.3 Å². The number of nitrogens with two attached hydrogens (primary N) is 1. The molecule has 0 saturated carbocycles. The van der Waals surface area contributed by atoms with Crippen LogP contribution in [0.4, 0.5) is 0 Å². The molecule has 15 heavy (non-hydrogen) atoms. The van der Waals surface area contributed by atoms with E-state index in [4.69, 9.17) is 5.73 Å². The fraction of sp³-hybridized carbons (Fsp3) is 0.667. The first-order valence-electron chi connectivity index (χ1n) is 5.37. The topological polar surface area (TPSA) is 29.3 Å². The lowest BCUT2D eigenvalue weighted by atomic mass is 9.85. The first-order chi connectivity index (χ1) is 6.92. The van der Waals surface area contributed by atoms with Gasteiger partial charge in [-0.25, -0.2) is 0 Å². The highest BCUT2D eigenvalue weighted by Gasteiger charge is 2.24. The predicted octanol–water partition coefficient (Wildman–Crippen LogP) is 2.55. The molecule has 86 valence electrons. The number of thiophene rings is 1. The van der Waals surface area contributed by atoms with E-state index in [1.807, 2.05) is 0 Å². The number of rotatable bonds is 5. The maximum atomic E-state index is 5.97. The van der Waals surface area contributed by atoms with E-state index in [1.165, 1.54) is 5.56 Å². The quantitative estimate of drug-likeness (QED) is 0.836. The second-order valence-corrected chi connectivity index (χ2v) is 5.86. The molecule has 0 fully saturated rings. The Balaban J connectivity index is 2.45. The summed E-state index contributed by atoms with van der Waals surface area (Å²) >= 11 is 1.75. The molecule has 0 amide bonds. The van der Waals surface area contributed by atoms with Crippen molar-refractivity contribution in [3.8, 4) is 0 Å². The van der Waals surface area contributed by atoms with Gasteiger partial charge in [0.25, 0.3) is 0 Å². The minimum atomic E-state index is 0.171. The molecule has 1 unspecified atom stereocenters.